The third kappa shape index (κ3) is 4.08. The minimum Gasteiger partial charge on any atom is -0.496 e. The van der Waals surface area contributed by atoms with Crippen molar-refractivity contribution in [3.63, 3.8) is 0 Å². The van der Waals surface area contributed by atoms with Crippen molar-refractivity contribution < 1.29 is 19.4 Å². The summed E-state index contributed by atoms with van der Waals surface area (Å²) < 4.78 is 5.20. The number of hydrogen-bond donors (Lipinski definition) is 2. The van der Waals surface area contributed by atoms with Crippen LogP contribution in [0.25, 0.3) is 6.08 Å². The maximum Gasteiger partial charge on any atom is 0.306 e. The van der Waals surface area contributed by atoms with Crippen LogP contribution in [0.1, 0.15) is 24.8 Å². The smallest absolute Gasteiger partial charge is 0.306 e. The summed E-state index contributed by atoms with van der Waals surface area (Å²) in [7, 11) is 1.58. The molecular formula is C16H19NO4. The van der Waals surface area contributed by atoms with Crippen LogP contribution in [0.5, 0.6) is 5.75 Å². The molecule has 0 aliphatic heterocycles. The minimum absolute atomic E-state index is 0.0547. The van der Waals surface area contributed by atoms with Gasteiger partial charge in [-0.15, -0.1) is 0 Å². The third-order valence-electron chi connectivity index (χ3n) is 3.68. The molecule has 0 unspecified atom stereocenters. The number of carboxylic acid groups (broad SMARTS) is 1. The number of benzene rings is 1. The lowest BCUT2D eigenvalue weighted by Gasteiger charge is -2.10. The van der Waals surface area contributed by atoms with E-state index in [0.29, 0.717) is 25.0 Å². The molecule has 2 rings (SSSR count). The van der Waals surface area contributed by atoms with Gasteiger partial charge in [0.25, 0.3) is 0 Å². The Kier molecular flexibility index (Phi) is 4.98. The molecule has 5 heteroatoms. The topological polar surface area (TPSA) is 75.6 Å². The van der Waals surface area contributed by atoms with E-state index in [1.807, 2.05) is 24.3 Å². The molecular weight excluding hydrogens is 270 g/mol. The Labute approximate surface area is 123 Å². The summed E-state index contributed by atoms with van der Waals surface area (Å²) in [6, 6.07) is 7.36. The number of carbonyl (C=O) groups is 2. The molecule has 1 aromatic rings. The number of methoxy groups -OCH3 is 1. The lowest BCUT2D eigenvalue weighted by molar-refractivity contribution is -0.141. The van der Waals surface area contributed by atoms with E-state index in [1.165, 1.54) is 6.08 Å². The standard InChI is InChI=1S/C16H19NO4/c1-21-14-5-3-2-4-11(14)7-9-15(18)17-13-8-6-12(10-13)16(19)20/h2-5,7,9,12-13H,6,8,10H2,1H3,(H,17,18)(H,19,20)/b9-7+/t12-,13+/m1/s1. The molecule has 0 aromatic heterocycles. The summed E-state index contributed by atoms with van der Waals surface area (Å²) in [6.07, 6.45) is 4.98. The Morgan fingerprint density at radius 1 is 1.33 bits per heavy atom. The lowest BCUT2D eigenvalue weighted by atomic mass is 10.1. The summed E-state index contributed by atoms with van der Waals surface area (Å²) in [5.41, 5.74) is 0.824. The predicted molar refractivity (Wildman–Crippen MR) is 78.9 cm³/mol. The van der Waals surface area contributed by atoms with Gasteiger partial charge in [0.2, 0.25) is 5.91 Å². The second-order valence-electron chi connectivity index (χ2n) is 5.13. The summed E-state index contributed by atoms with van der Waals surface area (Å²) in [4.78, 5) is 22.7. The van der Waals surface area contributed by atoms with Crippen molar-refractivity contribution in [2.24, 2.45) is 5.92 Å². The monoisotopic (exact) mass is 289 g/mol. The minimum atomic E-state index is -0.781. The van der Waals surface area contributed by atoms with Gasteiger partial charge in [-0.1, -0.05) is 18.2 Å². The molecule has 0 saturated heterocycles. The summed E-state index contributed by atoms with van der Waals surface area (Å²) in [6.45, 7) is 0. The second kappa shape index (κ2) is 6.92. The fraction of sp³-hybridized carbons (Fsp3) is 0.375. The van der Waals surface area contributed by atoms with Crippen LogP contribution in [0, 0.1) is 5.92 Å². The van der Waals surface area contributed by atoms with Crippen LogP contribution in [0.15, 0.2) is 30.3 Å². The van der Waals surface area contributed by atoms with Gasteiger partial charge in [-0.2, -0.15) is 0 Å². The van der Waals surface area contributed by atoms with Gasteiger partial charge in [0.15, 0.2) is 0 Å². The fourth-order valence-electron chi connectivity index (χ4n) is 2.56. The number of nitrogens with one attached hydrogen (secondary N) is 1. The zero-order valence-corrected chi connectivity index (χ0v) is 11.9. The molecule has 1 saturated carbocycles. The summed E-state index contributed by atoms with van der Waals surface area (Å²) >= 11 is 0. The molecule has 1 amide bonds. The molecule has 0 spiro atoms. The molecule has 1 fully saturated rings. The first-order chi connectivity index (χ1) is 10.1. The average molecular weight is 289 g/mol. The molecule has 5 nitrogen and oxygen atoms in total. The highest BCUT2D eigenvalue weighted by atomic mass is 16.5. The van der Waals surface area contributed by atoms with Gasteiger partial charge in [0, 0.05) is 17.7 Å². The first-order valence-corrected chi connectivity index (χ1v) is 6.94. The zero-order valence-electron chi connectivity index (χ0n) is 11.9. The van der Waals surface area contributed by atoms with Gasteiger partial charge in [-0.05, 0) is 31.4 Å². The first-order valence-electron chi connectivity index (χ1n) is 6.94. The van der Waals surface area contributed by atoms with Gasteiger partial charge >= 0.3 is 5.97 Å². The van der Waals surface area contributed by atoms with Crippen LogP contribution in [0.2, 0.25) is 0 Å². The van der Waals surface area contributed by atoms with Crippen molar-refractivity contribution in [2.75, 3.05) is 7.11 Å². The first kappa shape index (κ1) is 15.1. The number of aliphatic carboxylic acids is 1. The normalized spacial score (nSPS) is 21.4. The van der Waals surface area contributed by atoms with Crippen LogP contribution in [-0.2, 0) is 9.59 Å². The maximum absolute atomic E-state index is 11.9. The Bertz CT molecular complexity index is 553. The molecule has 21 heavy (non-hydrogen) atoms. The van der Waals surface area contributed by atoms with Gasteiger partial charge in [-0.3, -0.25) is 9.59 Å². The molecule has 1 aliphatic carbocycles. The fourth-order valence-corrected chi connectivity index (χ4v) is 2.56. The average Bonchev–Trinajstić information content (AvgIpc) is 2.94. The van der Waals surface area contributed by atoms with Crippen molar-refractivity contribution in [1.29, 1.82) is 0 Å². The van der Waals surface area contributed by atoms with Gasteiger partial charge < -0.3 is 15.2 Å². The van der Waals surface area contributed by atoms with Crippen molar-refractivity contribution in [2.45, 2.75) is 25.3 Å². The van der Waals surface area contributed by atoms with E-state index in [0.717, 1.165) is 5.56 Å². The summed E-state index contributed by atoms with van der Waals surface area (Å²) in [5.74, 6) is -0.630. The van der Waals surface area contributed by atoms with Crippen LogP contribution < -0.4 is 10.1 Å². The molecule has 0 radical (unpaired) electrons. The van der Waals surface area contributed by atoms with E-state index >= 15 is 0 Å². The number of rotatable bonds is 5. The highest BCUT2D eigenvalue weighted by molar-refractivity contribution is 5.92. The number of carboxylic acids is 1. The second-order valence-corrected chi connectivity index (χ2v) is 5.13. The van der Waals surface area contributed by atoms with Crippen molar-refractivity contribution >= 4 is 18.0 Å². The highest BCUT2D eigenvalue weighted by Crippen LogP contribution is 2.25. The predicted octanol–water partition coefficient (Wildman–Crippen LogP) is 2.08. The van der Waals surface area contributed by atoms with E-state index in [4.69, 9.17) is 9.84 Å². The molecule has 112 valence electrons. The van der Waals surface area contributed by atoms with E-state index in [-0.39, 0.29) is 17.9 Å². The molecule has 1 aromatic carbocycles. The molecule has 2 N–H and O–H groups in total. The highest BCUT2D eigenvalue weighted by Gasteiger charge is 2.30. The molecule has 2 atom stereocenters. The SMILES string of the molecule is COc1ccccc1/C=C/C(=O)N[C@H]1CC[C@@H](C(=O)O)C1. The van der Waals surface area contributed by atoms with Crippen molar-refractivity contribution in [3.8, 4) is 5.75 Å². The number of amides is 1. The van der Waals surface area contributed by atoms with E-state index in [1.54, 1.807) is 13.2 Å². The largest absolute Gasteiger partial charge is 0.496 e. The lowest BCUT2D eigenvalue weighted by Crippen LogP contribution is -2.31. The van der Waals surface area contributed by atoms with Gasteiger partial charge in [0.1, 0.15) is 5.75 Å². The zero-order chi connectivity index (χ0) is 15.2. The van der Waals surface area contributed by atoms with Crippen LogP contribution in [-0.4, -0.2) is 30.1 Å². The Morgan fingerprint density at radius 3 is 2.76 bits per heavy atom. The van der Waals surface area contributed by atoms with E-state index in [2.05, 4.69) is 5.32 Å². The third-order valence-corrected chi connectivity index (χ3v) is 3.68. The number of para-hydroxylation sites is 1. The Morgan fingerprint density at radius 2 is 2.10 bits per heavy atom. The number of ether oxygens (including phenoxy) is 1. The van der Waals surface area contributed by atoms with E-state index in [9.17, 15) is 9.59 Å². The molecule has 1 aliphatic rings. The maximum atomic E-state index is 11.9. The summed E-state index contributed by atoms with van der Waals surface area (Å²) in [5, 5.41) is 11.8. The Balaban J connectivity index is 1.90. The van der Waals surface area contributed by atoms with Crippen LogP contribution in [0.3, 0.4) is 0 Å². The van der Waals surface area contributed by atoms with Crippen molar-refractivity contribution in [1.82, 2.24) is 5.32 Å². The van der Waals surface area contributed by atoms with Gasteiger partial charge in [0.05, 0.1) is 13.0 Å². The van der Waals surface area contributed by atoms with Crippen LogP contribution >= 0.6 is 0 Å². The van der Waals surface area contributed by atoms with Gasteiger partial charge in [-0.25, -0.2) is 0 Å². The van der Waals surface area contributed by atoms with Crippen molar-refractivity contribution in [3.05, 3.63) is 35.9 Å². The Hall–Kier alpha value is -2.30. The van der Waals surface area contributed by atoms with E-state index < -0.39 is 5.97 Å². The quantitative estimate of drug-likeness (QED) is 0.814. The number of carbonyl (C=O) groups excluding carboxylic acids is 1. The van der Waals surface area contributed by atoms with Crippen LogP contribution in [0.4, 0.5) is 0 Å². The molecule has 0 heterocycles. The molecule has 0 bridgehead atoms. The number of hydrogen-bond acceptors (Lipinski definition) is 3.